The Kier molecular flexibility index (Phi) is 3.88. The summed E-state index contributed by atoms with van der Waals surface area (Å²) in [7, 11) is 0. The largest absolute Gasteiger partial charge is 0.362 e. The molecule has 2 unspecified atom stereocenters. The van der Waals surface area contributed by atoms with E-state index in [-0.39, 0.29) is 6.23 Å². The van der Waals surface area contributed by atoms with Gasteiger partial charge in [-0.15, -0.1) is 0 Å². The lowest BCUT2D eigenvalue weighted by Gasteiger charge is -2.39. The van der Waals surface area contributed by atoms with Crippen LogP contribution in [0.3, 0.4) is 0 Å². The number of ether oxygens (including phenoxy) is 1. The summed E-state index contributed by atoms with van der Waals surface area (Å²) >= 11 is 0. The van der Waals surface area contributed by atoms with E-state index in [9.17, 15) is 0 Å². The summed E-state index contributed by atoms with van der Waals surface area (Å²) in [6, 6.07) is 0.552. The highest BCUT2D eigenvalue weighted by Gasteiger charge is 2.29. The van der Waals surface area contributed by atoms with Crippen LogP contribution in [0, 0.1) is 11.3 Å². The van der Waals surface area contributed by atoms with E-state index in [2.05, 4.69) is 31.4 Å². The topological polar surface area (TPSA) is 33.3 Å². The van der Waals surface area contributed by atoms with Crippen molar-refractivity contribution in [2.24, 2.45) is 11.3 Å². The Labute approximate surface area is 99.3 Å². The molecule has 2 aliphatic rings. The summed E-state index contributed by atoms with van der Waals surface area (Å²) in [6.07, 6.45) is 4.35. The maximum absolute atomic E-state index is 5.87. The summed E-state index contributed by atoms with van der Waals surface area (Å²) in [4.78, 5) is 0. The molecule has 1 aliphatic carbocycles. The molecular formula is C13H26N2O. The lowest BCUT2D eigenvalue weighted by Crippen LogP contribution is -2.59. The Bertz CT molecular complexity index is 212. The summed E-state index contributed by atoms with van der Waals surface area (Å²) in [5, 5.41) is 7.08. The minimum absolute atomic E-state index is 0.221. The normalized spacial score (nSPS) is 32.4. The van der Waals surface area contributed by atoms with E-state index in [1.54, 1.807) is 0 Å². The Morgan fingerprint density at radius 1 is 1.12 bits per heavy atom. The monoisotopic (exact) mass is 226 g/mol. The van der Waals surface area contributed by atoms with E-state index in [1.165, 1.54) is 19.3 Å². The maximum atomic E-state index is 5.87. The molecule has 2 N–H and O–H groups in total. The van der Waals surface area contributed by atoms with E-state index in [0.29, 0.717) is 11.5 Å². The van der Waals surface area contributed by atoms with Gasteiger partial charge in [-0.1, -0.05) is 27.2 Å². The summed E-state index contributed by atoms with van der Waals surface area (Å²) in [6.45, 7) is 9.73. The van der Waals surface area contributed by atoms with Crippen LogP contribution in [0.15, 0.2) is 0 Å². The van der Waals surface area contributed by atoms with Gasteiger partial charge in [0.2, 0.25) is 0 Å². The third-order valence-corrected chi connectivity index (χ3v) is 3.90. The van der Waals surface area contributed by atoms with Gasteiger partial charge in [-0.25, -0.2) is 0 Å². The number of nitrogens with one attached hydrogen (secondary N) is 2. The van der Waals surface area contributed by atoms with E-state index in [0.717, 1.165) is 25.6 Å². The highest BCUT2D eigenvalue weighted by atomic mass is 16.5. The fourth-order valence-corrected chi connectivity index (χ4v) is 2.28. The van der Waals surface area contributed by atoms with Crippen molar-refractivity contribution < 1.29 is 4.74 Å². The second kappa shape index (κ2) is 5.03. The molecule has 16 heavy (non-hydrogen) atoms. The molecule has 94 valence electrons. The lowest BCUT2D eigenvalue weighted by molar-refractivity contribution is -0.0245. The molecule has 2 fully saturated rings. The highest BCUT2D eigenvalue weighted by Crippen LogP contribution is 2.26. The molecule has 0 bridgehead atoms. The standard InChI is InChI=1S/C13H26N2O/c1-13(2,3)11-7-15-12(8-14-11)16-9-10-5-4-6-10/h10-12,14-15H,4-9H2,1-3H3. The van der Waals surface area contributed by atoms with Crippen LogP contribution in [-0.2, 0) is 4.74 Å². The predicted octanol–water partition coefficient (Wildman–Crippen LogP) is 1.74. The Balaban J connectivity index is 1.64. The Hall–Kier alpha value is -0.120. The van der Waals surface area contributed by atoms with Gasteiger partial charge in [0.05, 0.1) is 6.61 Å². The fraction of sp³-hybridized carbons (Fsp3) is 1.00. The number of hydrogen-bond donors (Lipinski definition) is 2. The highest BCUT2D eigenvalue weighted by molar-refractivity contribution is 4.87. The molecule has 1 aliphatic heterocycles. The van der Waals surface area contributed by atoms with Gasteiger partial charge in [0.15, 0.2) is 0 Å². The molecule has 0 amide bonds. The van der Waals surface area contributed by atoms with Crippen LogP contribution < -0.4 is 10.6 Å². The zero-order chi connectivity index (χ0) is 11.6. The second-order valence-corrected chi connectivity index (χ2v) is 6.35. The number of rotatable bonds is 3. The van der Waals surface area contributed by atoms with Crippen LogP contribution in [0.25, 0.3) is 0 Å². The van der Waals surface area contributed by atoms with Gasteiger partial charge >= 0.3 is 0 Å². The molecule has 1 heterocycles. The van der Waals surface area contributed by atoms with Crippen LogP contribution in [-0.4, -0.2) is 32.0 Å². The van der Waals surface area contributed by atoms with E-state index in [4.69, 9.17) is 4.74 Å². The van der Waals surface area contributed by atoms with Gasteiger partial charge in [0, 0.05) is 19.1 Å². The van der Waals surface area contributed by atoms with Crippen LogP contribution in [0.1, 0.15) is 40.0 Å². The van der Waals surface area contributed by atoms with Crippen molar-refractivity contribution in [1.82, 2.24) is 10.6 Å². The van der Waals surface area contributed by atoms with Crippen molar-refractivity contribution in [1.29, 1.82) is 0 Å². The zero-order valence-corrected chi connectivity index (χ0v) is 10.9. The second-order valence-electron chi connectivity index (χ2n) is 6.35. The first-order valence-electron chi connectivity index (χ1n) is 6.64. The van der Waals surface area contributed by atoms with Crippen LogP contribution in [0.5, 0.6) is 0 Å². The minimum Gasteiger partial charge on any atom is -0.362 e. The van der Waals surface area contributed by atoms with Crippen molar-refractivity contribution in [2.75, 3.05) is 19.7 Å². The van der Waals surface area contributed by atoms with Crippen molar-refractivity contribution in [3.63, 3.8) is 0 Å². The predicted molar refractivity (Wildman–Crippen MR) is 66.3 cm³/mol. The Morgan fingerprint density at radius 3 is 2.31 bits per heavy atom. The smallest absolute Gasteiger partial charge is 0.120 e. The molecule has 0 spiro atoms. The number of piperazine rings is 1. The SMILES string of the molecule is CC(C)(C)C1CNC(OCC2CCC2)CN1. The first-order chi connectivity index (χ1) is 7.55. The van der Waals surface area contributed by atoms with Gasteiger partial charge in [-0.05, 0) is 24.2 Å². The average Bonchev–Trinajstić information content (AvgIpc) is 2.15. The molecule has 0 aromatic carbocycles. The molecule has 1 saturated carbocycles. The van der Waals surface area contributed by atoms with Crippen LogP contribution in [0.2, 0.25) is 0 Å². The van der Waals surface area contributed by atoms with Gasteiger partial charge in [-0.3, -0.25) is 5.32 Å². The summed E-state index contributed by atoms with van der Waals surface area (Å²) in [5.41, 5.74) is 0.325. The quantitative estimate of drug-likeness (QED) is 0.769. The van der Waals surface area contributed by atoms with Crippen molar-refractivity contribution >= 4 is 0 Å². The van der Waals surface area contributed by atoms with Crippen LogP contribution >= 0.6 is 0 Å². The molecule has 3 nitrogen and oxygen atoms in total. The van der Waals surface area contributed by atoms with Gasteiger partial charge in [0.25, 0.3) is 0 Å². The average molecular weight is 226 g/mol. The molecular weight excluding hydrogens is 200 g/mol. The third-order valence-electron chi connectivity index (χ3n) is 3.90. The molecule has 0 radical (unpaired) electrons. The van der Waals surface area contributed by atoms with Crippen LogP contribution in [0.4, 0.5) is 0 Å². The van der Waals surface area contributed by atoms with E-state index >= 15 is 0 Å². The molecule has 2 rings (SSSR count). The Morgan fingerprint density at radius 2 is 1.88 bits per heavy atom. The first kappa shape index (κ1) is 12.3. The number of hydrogen-bond acceptors (Lipinski definition) is 3. The van der Waals surface area contributed by atoms with Crippen molar-refractivity contribution in [2.45, 2.75) is 52.3 Å². The van der Waals surface area contributed by atoms with Crippen molar-refractivity contribution in [3.8, 4) is 0 Å². The zero-order valence-electron chi connectivity index (χ0n) is 10.9. The van der Waals surface area contributed by atoms with Gasteiger partial charge in [0.1, 0.15) is 6.23 Å². The van der Waals surface area contributed by atoms with Crippen molar-refractivity contribution in [3.05, 3.63) is 0 Å². The van der Waals surface area contributed by atoms with Gasteiger partial charge < -0.3 is 10.1 Å². The molecule has 2 atom stereocenters. The lowest BCUT2D eigenvalue weighted by atomic mass is 9.85. The molecule has 3 heteroatoms. The molecule has 0 aromatic rings. The van der Waals surface area contributed by atoms with E-state index in [1.807, 2.05) is 0 Å². The first-order valence-corrected chi connectivity index (χ1v) is 6.64. The minimum atomic E-state index is 0.221. The fourth-order valence-electron chi connectivity index (χ4n) is 2.28. The summed E-state index contributed by atoms with van der Waals surface area (Å²) in [5.74, 6) is 0.835. The van der Waals surface area contributed by atoms with Gasteiger partial charge in [-0.2, -0.15) is 0 Å². The maximum Gasteiger partial charge on any atom is 0.120 e. The third kappa shape index (κ3) is 3.19. The van der Waals surface area contributed by atoms with E-state index < -0.39 is 0 Å². The summed E-state index contributed by atoms with van der Waals surface area (Å²) < 4.78 is 5.87. The molecule has 0 aromatic heterocycles. The molecule has 1 saturated heterocycles.